The second-order valence-corrected chi connectivity index (χ2v) is 0. The summed E-state index contributed by atoms with van der Waals surface area (Å²) in [6.07, 6.45) is 0. The Kier molecular flexibility index (Phi) is 98.3. The molecule has 0 aromatic carbocycles. The molecule has 0 aliphatic rings. The molecule has 0 rings (SSSR count). The summed E-state index contributed by atoms with van der Waals surface area (Å²) < 4.78 is 0. The van der Waals surface area contributed by atoms with Crippen molar-refractivity contribution < 1.29 is 0 Å². The Morgan fingerprint density at radius 2 is 1.00 bits per heavy atom. The van der Waals surface area contributed by atoms with Gasteiger partial charge < -0.3 is 0 Å². The summed E-state index contributed by atoms with van der Waals surface area (Å²) in [5.74, 6) is 0. The molecule has 0 saturated heterocycles. The topological polar surface area (TPSA) is 0 Å². The van der Waals surface area contributed by atoms with Crippen LogP contribution in [0.15, 0.2) is 0 Å². The number of rotatable bonds is 0. The molecule has 0 nitrogen and oxygen atoms in total. The Hall–Kier alpha value is 3.85. The molecule has 0 fully saturated rings. The van der Waals surface area contributed by atoms with Crippen LogP contribution in [0.1, 0.15) is 0 Å². The first-order valence-corrected chi connectivity index (χ1v) is 0. The molecule has 0 heterocycles. The van der Waals surface area contributed by atoms with E-state index in [0.29, 0.717) is 0 Å². The first-order chi connectivity index (χ1) is 0. The van der Waals surface area contributed by atoms with E-state index >= 15 is 0 Å². The fourth-order valence-electron chi connectivity index (χ4n) is 0. The van der Waals surface area contributed by atoms with Gasteiger partial charge in [0, 0.05) is 0 Å². The Balaban J connectivity index is 0. The van der Waals surface area contributed by atoms with E-state index < -0.39 is 0 Å². The third-order valence-electron chi connectivity index (χ3n) is 0. The van der Waals surface area contributed by atoms with Gasteiger partial charge in [-0.15, -0.1) is 24.0 Å². The van der Waals surface area contributed by atoms with Crippen molar-refractivity contribution in [1.29, 1.82) is 0 Å². The molecule has 0 aromatic heterocycles. The van der Waals surface area contributed by atoms with Crippen LogP contribution in [-0.2, 0) is 0 Å². The second-order valence-electron chi connectivity index (χ2n) is 0. The summed E-state index contributed by atoms with van der Waals surface area (Å²) in [4.78, 5) is 0. The van der Waals surface area contributed by atoms with Crippen molar-refractivity contribution in [3.8, 4) is 0 Å². The van der Waals surface area contributed by atoms with E-state index in [1.807, 2.05) is 0 Å². The van der Waals surface area contributed by atoms with Crippen molar-refractivity contribution in [1.82, 2.24) is 0 Å². The molecule has 0 spiro atoms. The van der Waals surface area contributed by atoms with Gasteiger partial charge >= 0.3 is 96.4 Å². The van der Waals surface area contributed by atoms with Crippen molar-refractivity contribution in [3.63, 3.8) is 0 Å². The van der Waals surface area contributed by atoms with Gasteiger partial charge in [-0.1, -0.05) is 0 Å². The minimum atomic E-state index is 0. The van der Waals surface area contributed by atoms with Gasteiger partial charge in [-0.05, 0) is 0 Å². The number of hydrogen-bond acceptors (Lipinski definition) is 0. The van der Waals surface area contributed by atoms with E-state index in [1.54, 1.807) is 0 Å². The molecule has 0 saturated carbocycles. The van der Waals surface area contributed by atoms with E-state index in [2.05, 4.69) is 0 Å². The van der Waals surface area contributed by atoms with Crippen molar-refractivity contribution >= 4 is 120 Å². The van der Waals surface area contributed by atoms with E-state index in [9.17, 15) is 0 Å². The number of hydrogen-bond donors (Lipinski definition) is 0. The average molecular weight is 388 g/mol. The van der Waals surface area contributed by atoms with Crippen LogP contribution in [0.4, 0.5) is 0 Å². The monoisotopic (exact) mass is 388 g/mol. The Labute approximate surface area is 117 Å². The van der Waals surface area contributed by atoms with Gasteiger partial charge in [0.15, 0.2) is 0 Å². The molecular weight excluding hydrogens is 382 g/mol. The Bertz CT molecular complexity index is 8.00. The molecule has 0 bridgehead atoms. The molecular formula is H6BiIKLi. The molecule has 0 N–H and O–H groups in total. The first-order valence-electron chi connectivity index (χ1n) is 0. The molecule has 0 radical (unpaired) electrons. The van der Waals surface area contributed by atoms with Crippen molar-refractivity contribution in [3.05, 3.63) is 0 Å². The van der Waals surface area contributed by atoms with Crippen molar-refractivity contribution in [2.24, 2.45) is 0 Å². The van der Waals surface area contributed by atoms with Crippen LogP contribution in [0.2, 0.25) is 0 Å². The maximum atomic E-state index is 0. The third-order valence-corrected chi connectivity index (χ3v) is 0. The van der Waals surface area contributed by atoms with Gasteiger partial charge in [0.05, 0.1) is 0 Å². The van der Waals surface area contributed by atoms with E-state index in [4.69, 9.17) is 0 Å². The van der Waals surface area contributed by atoms with Crippen molar-refractivity contribution in [2.75, 3.05) is 0 Å². The summed E-state index contributed by atoms with van der Waals surface area (Å²) >= 11 is 0. The van der Waals surface area contributed by atoms with E-state index in [0.717, 1.165) is 0 Å². The summed E-state index contributed by atoms with van der Waals surface area (Å²) in [7, 11) is 0. The molecule has 4 heavy (non-hydrogen) atoms. The fraction of sp³-hybridized carbons (Fsp3) is 0. The SMILES string of the molecule is I.[BiH3].[KH].[LiH]. The Morgan fingerprint density at radius 1 is 1.00 bits per heavy atom. The zero-order chi connectivity index (χ0) is 0. The predicted molar refractivity (Wildman–Crippen MR) is 39.7 cm³/mol. The molecule has 0 aliphatic heterocycles. The van der Waals surface area contributed by atoms with E-state index in [1.165, 1.54) is 0 Å². The zero-order valence-corrected chi connectivity index (χ0v) is 8.94. The quantitative estimate of drug-likeness (QED) is 0.338. The summed E-state index contributed by atoms with van der Waals surface area (Å²) in [5, 5.41) is 0. The second kappa shape index (κ2) is 15.8. The van der Waals surface area contributed by atoms with Crippen LogP contribution in [0.25, 0.3) is 0 Å². The van der Waals surface area contributed by atoms with Gasteiger partial charge in [0.25, 0.3) is 0 Å². The zero-order valence-electron chi connectivity index (χ0n) is 1.12. The molecule has 0 amide bonds. The third kappa shape index (κ3) is 9.28. The predicted octanol–water partition coefficient (Wildman–Crippen LogP) is -1.86. The van der Waals surface area contributed by atoms with Gasteiger partial charge in [-0.3, -0.25) is 0 Å². The fourth-order valence-corrected chi connectivity index (χ4v) is 0. The van der Waals surface area contributed by atoms with Crippen molar-refractivity contribution in [2.45, 2.75) is 0 Å². The summed E-state index contributed by atoms with van der Waals surface area (Å²) in [6.45, 7) is 0. The molecule has 0 aromatic rings. The standard InChI is InChI=1S/Bi.HI.K.Li.5H/h;1H;;;;;;;. The first kappa shape index (κ1) is 24.9. The maximum absolute atomic E-state index is 0. The van der Waals surface area contributed by atoms with Crippen LogP contribution in [0.3, 0.4) is 0 Å². The number of halogens is 1. The van der Waals surface area contributed by atoms with Crippen LogP contribution >= 0.6 is 24.0 Å². The van der Waals surface area contributed by atoms with Gasteiger partial charge in [0.2, 0.25) is 0 Å². The van der Waals surface area contributed by atoms with Crippen LogP contribution in [0, 0.1) is 0 Å². The summed E-state index contributed by atoms with van der Waals surface area (Å²) in [6, 6.07) is 0. The molecule has 4 heteroatoms. The van der Waals surface area contributed by atoms with E-state index in [-0.39, 0.29) is 120 Å². The van der Waals surface area contributed by atoms with Crippen LogP contribution in [-0.4, -0.2) is 96.4 Å². The van der Waals surface area contributed by atoms with Gasteiger partial charge in [0.1, 0.15) is 0 Å². The summed E-state index contributed by atoms with van der Waals surface area (Å²) in [5.41, 5.74) is 0. The molecule has 0 aliphatic carbocycles. The normalized spacial score (nSPS) is 0. The molecule has 0 atom stereocenters. The minimum absolute atomic E-state index is 0. The molecule has 0 unspecified atom stereocenters. The van der Waals surface area contributed by atoms with Gasteiger partial charge in [-0.2, -0.15) is 0 Å². The molecule has 20 valence electrons. The Morgan fingerprint density at radius 3 is 1.00 bits per heavy atom. The average Bonchev–Trinajstić information content (AvgIpc) is 0. The van der Waals surface area contributed by atoms with Crippen LogP contribution < -0.4 is 0 Å². The van der Waals surface area contributed by atoms with Gasteiger partial charge in [-0.25, -0.2) is 0 Å². The van der Waals surface area contributed by atoms with Crippen LogP contribution in [0.5, 0.6) is 0 Å².